The van der Waals surface area contributed by atoms with Gasteiger partial charge in [0, 0.05) is 16.6 Å². The van der Waals surface area contributed by atoms with Crippen molar-refractivity contribution < 1.29 is 19.1 Å². The summed E-state index contributed by atoms with van der Waals surface area (Å²) in [6, 6.07) is 11.2. The maximum atomic E-state index is 13.1. The molecule has 5 nitrogen and oxygen atoms in total. The molecule has 0 bridgehead atoms. The smallest absolute Gasteiger partial charge is 0.348 e. The van der Waals surface area contributed by atoms with Crippen molar-refractivity contribution in [3.8, 4) is 5.75 Å². The Hall–Kier alpha value is -1.73. The number of halogens is 1. The second kappa shape index (κ2) is 6.46. The third-order valence-corrected chi connectivity index (χ3v) is 6.37. The lowest BCUT2D eigenvalue weighted by Crippen LogP contribution is -2.52. The monoisotopic (exact) mass is 417 g/mol. The largest absolute Gasteiger partial charge is 0.496 e. The lowest BCUT2D eigenvalue weighted by atomic mass is 9.92. The summed E-state index contributed by atoms with van der Waals surface area (Å²) in [4.78, 5) is 13.1. The summed E-state index contributed by atoms with van der Waals surface area (Å²) in [7, 11) is 3.48. The zero-order valence-electron chi connectivity index (χ0n) is 14.8. The minimum atomic E-state index is -0.857. The van der Waals surface area contributed by atoms with Crippen molar-refractivity contribution in [1.82, 2.24) is 5.32 Å². The second-order valence-corrected chi connectivity index (χ2v) is 7.97. The van der Waals surface area contributed by atoms with Gasteiger partial charge in [0.15, 0.2) is 0 Å². The molecule has 3 atom stereocenters. The predicted octanol–water partition coefficient (Wildman–Crippen LogP) is 2.94. The number of methoxy groups -OCH3 is 1. The number of fused-ring (bicyclic) bond motifs is 2. The number of ether oxygens (including phenoxy) is 1. The Morgan fingerprint density at radius 3 is 2.81 bits per heavy atom. The Bertz CT molecular complexity index is 885. The zero-order chi connectivity index (χ0) is 18.5. The molecule has 0 radical (unpaired) electrons. The van der Waals surface area contributed by atoms with Crippen LogP contribution < -0.4 is 10.1 Å². The third kappa shape index (κ3) is 2.52. The molecule has 3 unspecified atom stereocenters. The lowest BCUT2D eigenvalue weighted by Gasteiger charge is -2.37. The summed E-state index contributed by atoms with van der Waals surface area (Å²) in [5, 5.41) is 14.4. The van der Waals surface area contributed by atoms with Gasteiger partial charge in [-0.15, -0.1) is 0 Å². The van der Waals surface area contributed by atoms with Gasteiger partial charge in [0.05, 0.1) is 31.3 Å². The molecule has 2 aliphatic heterocycles. The fraction of sp³-hybridized carbons (Fsp3) is 0.350. The van der Waals surface area contributed by atoms with Gasteiger partial charge in [-0.25, -0.2) is 9.28 Å². The van der Waals surface area contributed by atoms with E-state index in [2.05, 4.69) is 21.2 Å². The molecule has 4 rings (SSSR count). The zero-order valence-corrected chi connectivity index (χ0v) is 16.4. The summed E-state index contributed by atoms with van der Waals surface area (Å²) < 4.78 is 6.59. The number of quaternary nitrogens is 1. The molecule has 2 aromatic carbocycles. The molecule has 26 heavy (non-hydrogen) atoms. The molecule has 2 aliphatic rings. The van der Waals surface area contributed by atoms with Gasteiger partial charge in [0.2, 0.25) is 6.23 Å². The first-order valence-electron chi connectivity index (χ1n) is 8.73. The van der Waals surface area contributed by atoms with Crippen LogP contribution in [0.4, 0.5) is 0 Å². The van der Waals surface area contributed by atoms with E-state index in [0.717, 1.165) is 28.8 Å². The van der Waals surface area contributed by atoms with Crippen LogP contribution in [-0.2, 0) is 6.42 Å². The van der Waals surface area contributed by atoms with E-state index in [1.807, 2.05) is 37.4 Å². The molecule has 0 saturated carbocycles. The topological polar surface area (TPSA) is 58.6 Å². The van der Waals surface area contributed by atoms with Gasteiger partial charge in [-0.05, 0) is 36.2 Å². The minimum absolute atomic E-state index is 0.0454. The molecule has 0 aromatic heterocycles. The van der Waals surface area contributed by atoms with Crippen molar-refractivity contribution in [2.45, 2.75) is 18.7 Å². The summed E-state index contributed by atoms with van der Waals surface area (Å²) >= 11 is 3.64. The van der Waals surface area contributed by atoms with Crippen molar-refractivity contribution >= 4 is 21.8 Å². The Morgan fingerprint density at radius 1 is 1.31 bits per heavy atom. The Kier molecular flexibility index (Phi) is 4.39. The van der Waals surface area contributed by atoms with Crippen LogP contribution in [-0.4, -0.2) is 42.7 Å². The number of aliphatic hydroxyl groups is 1. The quantitative estimate of drug-likeness (QED) is 0.753. The summed E-state index contributed by atoms with van der Waals surface area (Å²) in [5.74, 6) is 0.765. The van der Waals surface area contributed by atoms with Crippen LogP contribution in [0.15, 0.2) is 40.9 Å². The summed E-state index contributed by atoms with van der Waals surface area (Å²) in [6.07, 6.45) is 0.0355. The van der Waals surface area contributed by atoms with Gasteiger partial charge >= 0.3 is 5.91 Å². The highest BCUT2D eigenvalue weighted by Gasteiger charge is 2.51. The van der Waals surface area contributed by atoms with Crippen LogP contribution in [0.1, 0.15) is 39.3 Å². The van der Waals surface area contributed by atoms with E-state index < -0.39 is 6.23 Å². The first-order valence-corrected chi connectivity index (χ1v) is 9.52. The fourth-order valence-electron chi connectivity index (χ4n) is 4.23. The molecule has 1 amide bonds. The van der Waals surface area contributed by atoms with Crippen molar-refractivity contribution in [3.05, 3.63) is 63.1 Å². The van der Waals surface area contributed by atoms with Crippen LogP contribution in [0.25, 0.3) is 0 Å². The van der Waals surface area contributed by atoms with E-state index in [1.54, 1.807) is 13.2 Å². The van der Waals surface area contributed by atoms with Crippen molar-refractivity contribution in [1.29, 1.82) is 0 Å². The Balaban J connectivity index is 1.74. The van der Waals surface area contributed by atoms with Gasteiger partial charge in [-0.3, -0.25) is 0 Å². The average Bonchev–Trinajstić information content (AvgIpc) is 2.85. The van der Waals surface area contributed by atoms with Gasteiger partial charge in [0.1, 0.15) is 12.3 Å². The molecule has 0 aliphatic carbocycles. The number of benzene rings is 2. The maximum Gasteiger partial charge on any atom is 0.348 e. The SMILES string of the molecule is COc1ccc(Br)c2c1C(C[N+]1(C)C(=O)c3ccccc3C1O)NCC2. The number of nitrogens with one attached hydrogen (secondary N) is 1. The molecule has 136 valence electrons. The third-order valence-electron chi connectivity index (χ3n) is 5.63. The fourth-order valence-corrected chi connectivity index (χ4v) is 4.78. The maximum absolute atomic E-state index is 13.1. The van der Waals surface area contributed by atoms with E-state index in [0.29, 0.717) is 17.7 Å². The Morgan fingerprint density at radius 2 is 2.08 bits per heavy atom. The molecule has 2 aromatic rings. The Labute approximate surface area is 161 Å². The summed E-state index contributed by atoms with van der Waals surface area (Å²) in [6.45, 7) is 1.27. The highest BCUT2D eigenvalue weighted by Crippen LogP contribution is 2.42. The highest BCUT2D eigenvalue weighted by atomic mass is 79.9. The number of hydrogen-bond acceptors (Lipinski definition) is 4. The number of rotatable bonds is 3. The van der Waals surface area contributed by atoms with E-state index in [4.69, 9.17) is 4.74 Å². The van der Waals surface area contributed by atoms with Crippen LogP contribution >= 0.6 is 15.9 Å². The van der Waals surface area contributed by atoms with Crippen molar-refractivity contribution in [2.24, 2.45) is 0 Å². The van der Waals surface area contributed by atoms with E-state index in [1.165, 1.54) is 5.56 Å². The predicted molar refractivity (Wildman–Crippen MR) is 102 cm³/mol. The van der Waals surface area contributed by atoms with Crippen molar-refractivity contribution in [3.63, 3.8) is 0 Å². The van der Waals surface area contributed by atoms with Gasteiger partial charge < -0.3 is 15.2 Å². The summed E-state index contributed by atoms with van der Waals surface area (Å²) in [5.41, 5.74) is 3.60. The van der Waals surface area contributed by atoms with E-state index in [9.17, 15) is 9.90 Å². The molecule has 0 saturated heterocycles. The highest BCUT2D eigenvalue weighted by molar-refractivity contribution is 9.10. The first kappa shape index (κ1) is 17.7. The molecule has 6 heteroatoms. The van der Waals surface area contributed by atoms with Gasteiger partial charge in [-0.2, -0.15) is 0 Å². The second-order valence-electron chi connectivity index (χ2n) is 7.12. The number of hydrogen-bond donors (Lipinski definition) is 2. The number of carbonyl (C=O) groups excluding carboxylic acids is 1. The number of amides is 1. The standard InChI is InChI=1S/C20H22BrN2O3/c1-23(19(24)12-5-3-4-6-13(12)20(23)25)11-16-18-14(9-10-22-16)15(21)7-8-17(18)26-2/h3-8,16,19,22,24H,9-11H2,1-2H3/q+1. The average molecular weight is 418 g/mol. The number of nitrogens with zero attached hydrogens (tertiary/aromatic N) is 1. The number of carbonyl (C=O) groups is 1. The molecular formula is C20H22BrN2O3+. The van der Waals surface area contributed by atoms with Gasteiger partial charge in [-0.1, -0.05) is 28.1 Å². The molecule has 0 spiro atoms. The van der Waals surface area contributed by atoms with E-state index >= 15 is 0 Å². The number of likely N-dealkylation sites (N-methyl/N-ethyl adjacent to an activating group) is 1. The van der Waals surface area contributed by atoms with Crippen LogP contribution in [0.2, 0.25) is 0 Å². The van der Waals surface area contributed by atoms with Crippen molar-refractivity contribution in [2.75, 3.05) is 27.2 Å². The van der Waals surface area contributed by atoms with Crippen LogP contribution in [0.5, 0.6) is 5.75 Å². The van der Waals surface area contributed by atoms with Crippen LogP contribution in [0, 0.1) is 0 Å². The lowest BCUT2D eigenvalue weighted by molar-refractivity contribution is -0.883. The number of aliphatic hydroxyl groups excluding tert-OH is 1. The first-order chi connectivity index (χ1) is 12.5. The molecular weight excluding hydrogens is 396 g/mol. The van der Waals surface area contributed by atoms with Crippen LogP contribution in [0.3, 0.4) is 0 Å². The van der Waals surface area contributed by atoms with E-state index in [-0.39, 0.29) is 16.4 Å². The molecule has 2 N–H and O–H groups in total. The molecule has 0 fully saturated rings. The normalized spacial score (nSPS) is 27.2. The minimum Gasteiger partial charge on any atom is -0.496 e. The molecule has 2 heterocycles. The van der Waals surface area contributed by atoms with Gasteiger partial charge in [0.25, 0.3) is 0 Å².